The summed E-state index contributed by atoms with van der Waals surface area (Å²) in [6.45, 7) is 0.923. The molecule has 0 saturated carbocycles. The second kappa shape index (κ2) is 9.53. The maximum absolute atomic E-state index is 13.2. The molecule has 2 aliphatic rings. The molecule has 0 unspecified atom stereocenters. The fourth-order valence-electron chi connectivity index (χ4n) is 4.51. The number of benzene rings is 3. The van der Waals surface area contributed by atoms with E-state index >= 15 is 0 Å². The van der Waals surface area contributed by atoms with Gasteiger partial charge < -0.3 is 19.5 Å². The lowest BCUT2D eigenvalue weighted by molar-refractivity contribution is -0.384. The highest BCUT2D eigenvalue weighted by atomic mass is 16.6. The molecule has 9 nitrogen and oxygen atoms in total. The second-order valence-corrected chi connectivity index (χ2v) is 8.44. The van der Waals surface area contributed by atoms with Gasteiger partial charge in [-0.25, -0.2) is 0 Å². The Hall–Kier alpha value is -4.66. The zero-order valence-electron chi connectivity index (χ0n) is 19.1. The van der Waals surface area contributed by atoms with Gasteiger partial charge in [0.15, 0.2) is 11.5 Å². The molecular weight excluding hydrogens is 464 g/mol. The van der Waals surface area contributed by atoms with E-state index < -0.39 is 22.7 Å². The average Bonchev–Trinajstić information content (AvgIpc) is 3.16. The third-order valence-electron chi connectivity index (χ3n) is 6.24. The smallest absolute Gasteiger partial charge is 0.295 e. The van der Waals surface area contributed by atoms with Gasteiger partial charge in [0, 0.05) is 24.2 Å². The van der Waals surface area contributed by atoms with Crippen LogP contribution in [0.5, 0.6) is 11.5 Å². The zero-order valence-corrected chi connectivity index (χ0v) is 19.1. The third-order valence-corrected chi connectivity index (χ3v) is 6.24. The van der Waals surface area contributed by atoms with Gasteiger partial charge in [0.25, 0.3) is 17.4 Å². The highest BCUT2D eigenvalue weighted by molar-refractivity contribution is 6.46. The van der Waals surface area contributed by atoms with Crippen LogP contribution in [0.25, 0.3) is 5.76 Å². The first kappa shape index (κ1) is 23.1. The van der Waals surface area contributed by atoms with Crippen LogP contribution >= 0.6 is 0 Å². The van der Waals surface area contributed by atoms with Crippen LogP contribution in [-0.4, -0.2) is 46.4 Å². The van der Waals surface area contributed by atoms with Crippen LogP contribution < -0.4 is 9.47 Å². The number of carbonyl (C=O) groups excluding carboxylic acids is 2. The maximum Gasteiger partial charge on any atom is 0.295 e. The lowest BCUT2D eigenvalue weighted by Gasteiger charge is -2.25. The summed E-state index contributed by atoms with van der Waals surface area (Å²) in [4.78, 5) is 38.6. The van der Waals surface area contributed by atoms with Crippen LogP contribution in [0.2, 0.25) is 0 Å². The van der Waals surface area contributed by atoms with Crippen molar-refractivity contribution in [3.05, 3.63) is 105 Å². The Labute approximate surface area is 206 Å². The molecule has 36 heavy (non-hydrogen) atoms. The Morgan fingerprint density at radius 3 is 2.47 bits per heavy atom. The van der Waals surface area contributed by atoms with Crippen molar-refractivity contribution in [2.45, 2.75) is 12.5 Å². The van der Waals surface area contributed by atoms with Gasteiger partial charge in [-0.15, -0.1) is 0 Å². The van der Waals surface area contributed by atoms with Crippen LogP contribution in [0.1, 0.15) is 22.7 Å². The van der Waals surface area contributed by atoms with E-state index in [9.17, 15) is 24.8 Å². The molecule has 9 heteroatoms. The highest BCUT2D eigenvalue weighted by Crippen LogP contribution is 2.41. The predicted octanol–water partition coefficient (Wildman–Crippen LogP) is 4.03. The molecule has 0 aromatic heterocycles. The normalized spacial score (nSPS) is 18.3. The number of fused-ring (bicyclic) bond motifs is 1. The molecule has 1 amide bonds. The molecule has 1 atom stereocenters. The molecule has 0 radical (unpaired) electrons. The van der Waals surface area contributed by atoms with E-state index in [1.165, 1.54) is 23.1 Å². The number of amides is 1. The van der Waals surface area contributed by atoms with Crippen LogP contribution in [0.4, 0.5) is 5.69 Å². The minimum Gasteiger partial charge on any atom is -0.507 e. The number of likely N-dealkylation sites (tertiary alicyclic amines) is 1. The first-order chi connectivity index (χ1) is 17.4. The first-order valence-corrected chi connectivity index (χ1v) is 11.4. The van der Waals surface area contributed by atoms with Gasteiger partial charge in [0.1, 0.15) is 19.0 Å². The summed E-state index contributed by atoms with van der Waals surface area (Å²) in [5.41, 5.74) is 1.28. The topological polar surface area (TPSA) is 119 Å². The fraction of sp³-hybridized carbons (Fsp3) is 0.185. The summed E-state index contributed by atoms with van der Waals surface area (Å²) in [7, 11) is 0. The molecule has 1 N–H and O–H groups in total. The van der Waals surface area contributed by atoms with Crippen LogP contribution in [0.15, 0.2) is 78.4 Å². The van der Waals surface area contributed by atoms with Crippen molar-refractivity contribution in [3.8, 4) is 11.5 Å². The number of ether oxygens (including phenoxy) is 2. The van der Waals surface area contributed by atoms with Crippen molar-refractivity contribution < 1.29 is 29.1 Å². The van der Waals surface area contributed by atoms with E-state index in [1.54, 1.807) is 24.3 Å². The molecule has 5 rings (SSSR count). The van der Waals surface area contributed by atoms with Crippen molar-refractivity contribution in [1.82, 2.24) is 4.90 Å². The van der Waals surface area contributed by atoms with Crippen molar-refractivity contribution >= 4 is 23.1 Å². The molecule has 0 spiro atoms. The van der Waals surface area contributed by atoms with Crippen molar-refractivity contribution in [2.24, 2.45) is 0 Å². The number of nitro groups is 1. The summed E-state index contributed by atoms with van der Waals surface area (Å²) in [5.74, 6) is -1.09. The number of rotatable bonds is 6. The molecule has 0 aliphatic carbocycles. The number of aliphatic hydroxyl groups excluding tert-OH is 1. The van der Waals surface area contributed by atoms with Gasteiger partial charge in [0.05, 0.1) is 16.5 Å². The molecule has 3 aromatic carbocycles. The Morgan fingerprint density at radius 1 is 0.972 bits per heavy atom. The average molecular weight is 486 g/mol. The van der Waals surface area contributed by atoms with E-state index in [2.05, 4.69) is 0 Å². The fourth-order valence-corrected chi connectivity index (χ4v) is 4.51. The monoisotopic (exact) mass is 486 g/mol. The van der Waals surface area contributed by atoms with Crippen molar-refractivity contribution in [3.63, 3.8) is 0 Å². The SMILES string of the molecule is O=C1C(=O)N(CCc2ccccc2)[C@@H](c2cccc([N+](=O)[O-])c2)C1=C(O)c1ccc2c(c1)OCCO2. The number of aliphatic hydroxyl groups is 1. The summed E-state index contributed by atoms with van der Waals surface area (Å²) in [6, 6.07) is 19.0. The van der Waals surface area contributed by atoms with Gasteiger partial charge in [0.2, 0.25) is 0 Å². The van der Waals surface area contributed by atoms with Crippen LogP contribution in [0, 0.1) is 10.1 Å². The van der Waals surface area contributed by atoms with Crippen molar-refractivity contribution in [2.75, 3.05) is 19.8 Å². The molecule has 2 aliphatic heterocycles. The third kappa shape index (κ3) is 4.26. The lowest BCUT2D eigenvalue weighted by atomic mass is 9.94. The molecule has 2 heterocycles. The van der Waals surface area contributed by atoms with E-state index in [-0.39, 0.29) is 29.1 Å². The van der Waals surface area contributed by atoms with Gasteiger partial charge in [-0.1, -0.05) is 42.5 Å². The van der Waals surface area contributed by atoms with E-state index in [0.29, 0.717) is 36.7 Å². The molecule has 1 saturated heterocycles. The molecular formula is C27H22N2O7. The minimum absolute atomic E-state index is 0.134. The van der Waals surface area contributed by atoms with Gasteiger partial charge in [-0.2, -0.15) is 0 Å². The predicted molar refractivity (Wildman–Crippen MR) is 130 cm³/mol. The summed E-state index contributed by atoms with van der Waals surface area (Å²) >= 11 is 0. The Bertz CT molecular complexity index is 1380. The minimum atomic E-state index is -0.998. The number of ketones is 1. The van der Waals surface area contributed by atoms with Crippen molar-refractivity contribution in [1.29, 1.82) is 0 Å². The van der Waals surface area contributed by atoms with Gasteiger partial charge in [-0.3, -0.25) is 19.7 Å². The Balaban J connectivity index is 1.60. The molecule has 3 aromatic rings. The second-order valence-electron chi connectivity index (χ2n) is 8.44. The number of carbonyl (C=O) groups is 2. The van der Waals surface area contributed by atoms with Crippen LogP contribution in [-0.2, 0) is 16.0 Å². The summed E-state index contributed by atoms with van der Waals surface area (Å²) in [5, 5.41) is 22.7. The van der Waals surface area contributed by atoms with E-state index in [0.717, 1.165) is 5.56 Å². The summed E-state index contributed by atoms with van der Waals surface area (Å²) < 4.78 is 11.1. The van der Waals surface area contributed by atoms with E-state index in [4.69, 9.17) is 9.47 Å². The van der Waals surface area contributed by atoms with Gasteiger partial charge >= 0.3 is 0 Å². The largest absolute Gasteiger partial charge is 0.507 e. The summed E-state index contributed by atoms with van der Waals surface area (Å²) in [6.07, 6.45) is 0.462. The Kier molecular flexibility index (Phi) is 6.12. The standard InChI is InChI=1S/C27H22N2O7/c30-25(19-9-10-21-22(16-19)36-14-13-35-21)23-24(18-7-4-8-20(15-18)29(33)34)28(27(32)26(23)31)12-11-17-5-2-1-3-6-17/h1-10,15-16,24,30H,11-14H2/t24-/m0/s1. The quantitative estimate of drug-likeness (QED) is 0.184. The molecule has 182 valence electrons. The lowest BCUT2D eigenvalue weighted by Crippen LogP contribution is -2.31. The number of Topliss-reactive ketones (excluding diaryl/α,β-unsaturated/α-hetero) is 1. The molecule has 0 bridgehead atoms. The molecule has 1 fully saturated rings. The number of nitro benzene ring substituents is 1. The number of hydrogen-bond acceptors (Lipinski definition) is 7. The maximum atomic E-state index is 13.2. The first-order valence-electron chi connectivity index (χ1n) is 11.4. The Morgan fingerprint density at radius 2 is 1.72 bits per heavy atom. The number of non-ortho nitro benzene ring substituents is 1. The van der Waals surface area contributed by atoms with Crippen LogP contribution in [0.3, 0.4) is 0 Å². The highest BCUT2D eigenvalue weighted by Gasteiger charge is 2.46. The number of hydrogen-bond donors (Lipinski definition) is 1. The van der Waals surface area contributed by atoms with Gasteiger partial charge in [-0.05, 0) is 35.7 Å². The van der Waals surface area contributed by atoms with E-state index in [1.807, 2.05) is 30.3 Å². The zero-order chi connectivity index (χ0) is 25.2. The number of nitrogens with zero attached hydrogens (tertiary/aromatic N) is 2.